The van der Waals surface area contributed by atoms with Gasteiger partial charge in [-0.05, 0) is 31.4 Å². The summed E-state index contributed by atoms with van der Waals surface area (Å²) >= 11 is 1.54. The minimum absolute atomic E-state index is 0.0501. The molecule has 0 atom stereocenters. The molecule has 1 amide bonds. The Morgan fingerprint density at radius 1 is 1.35 bits per heavy atom. The van der Waals surface area contributed by atoms with E-state index in [1.807, 2.05) is 31.2 Å². The molecule has 0 unspecified atom stereocenters. The first kappa shape index (κ1) is 14.5. The molecule has 0 aliphatic carbocycles. The highest BCUT2D eigenvalue weighted by atomic mass is 32.1. The van der Waals surface area contributed by atoms with E-state index in [4.69, 9.17) is 0 Å². The molecule has 1 heterocycles. The SMILES string of the molecule is Cc1ncsc1/C=C/C(=O)NCCCc1ccccc1. The number of aryl methyl sites for hydroxylation is 2. The van der Waals surface area contributed by atoms with Crippen LogP contribution >= 0.6 is 11.3 Å². The Bertz CT molecular complexity index is 575. The van der Waals surface area contributed by atoms with Crippen molar-refractivity contribution >= 4 is 23.3 Å². The molecule has 0 aliphatic rings. The number of benzene rings is 1. The summed E-state index contributed by atoms with van der Waals surface area (Å²) in [6.45, 7) is 2.63. The van der Waals surface area contributed by atoms with E-state index >= 15 is 0 Å². The van der Waals surface area contributed by atoms with Gasteiger partial charge in [-0.1, -0.05) is 30.3 Å². The highest BCUT2D eigenvalue weighted by Crippen LogP contribution is 2.13. The molecule has 0 saturated heterocycles. The predicted molar refractivity (Wildman–Crippen MR) is 83.7 cm³/mol. The van der Waals surface area contributed by atoms with Crippen LogP contribution in [0.3, 0.4) is 0 Å². The zero-order valence-electron chi connectivity index (χ0n) is 11.5. The van der Waals surface area contributed by atoms with Gasteiger partial charge in [0.1, 0.15) is 0 Å². The first-order valence-electron chi connectivity index (χ1n) is 6.65. The lowest BCUT2D eigenvalue weighted by Crippen LogP contribution is -2.22. The van der Waals surface area contributed by atoms with E-state index in [2.05, 4.69) is 22.4 Å². The van der Waals surface area contributed by atoms with Crippen molar-refractivity contribution in [2.45, 2.75) is 19.8 Å². The van der Waals surface area contributed by atoms with Crippen molar-refractivity contribution in [3.8, 4) is 0 Å². The molecule has 0 saturated carbocycles. The van der Waals surface area contributed by atoms with E-state index in [1.54, 1.807) is 11.6 Å². The molecule has 0 fully saturated rings. The molecular weight excluding hydrogens is 268 g/mol. The van der Waals surface area contributed by atoms with Gasteiger partial charge in [0.05, 0.1) is 11.2 Å². The van der Waals surface area contributed by atoms with E-state index in [9.17, 15) is 4.79 Å². The van der Waals surface area contributed by atoms with Crippen molar-refractivity contribution in [3.63, 3.8) is 0 Å². The molecule has 2 rings (SSSR count). The standard InChI is InChI=1S/C16H18N2OS/c1-13-15(20-12-18-13)9-10-16(19)17-11-5-8-14-6-3-2-4-7-14/h2-4,6-7,9-10,12H,5,8,11H2,1H3,(H,17,19)/b10-9+. The Morgan fingerprint density at radius 2 is 2.15 bits per heavy atom. The Morgan fingerprint density at radius 3 is 2.85 bits per heavy atom. The van der Waals surface area contributed by atoms with Gasteiger partial charge in [0.15, 0.2) is 0 Å². The summed E-state index contributed by atoms with van der Waals surface area (Å²) in [7, 11) is 0. The molecule has 2 aromatic rings. The topological polar surface area (TPSA) is 42.0 Å². The first-order valence-corrected chi connectivity index (χ1v) is 7.53. The third kappa shape index (κ3) is 4.63. The minimum Gasteiger partial charge on any atom is -0.353 e. The molecule has 20 heavy (non-hydrogen) atoms. The van der Waals surface area contributed by atoms with E-state index in [0.717, 1.165) is 23.4 Å². The molecule has 1 aromatic carbocycles. The number of amides is 1. The lowest BCUT2D eigenvalue weighted by molar-refractivity contribution is -0.116. The maximum absolute atomic E-state index is 11.6. The fourth-order valence-corrected chi connectivity index (χ4v) is 2.52. The highest BCUT2D eigenvalue weighted by Gasteiger charge is 1.99. The summed E-state index contributed by atoms with van der Waals surface area (Å²) in [5, 5.41) is 2.89. The number of aromatic nitrogens is 1. The Kier molecular flexibility index (Phi) is 5.50. The fraction of sp³-hybridized carbons (Fsp3) is 0.250. The van der Waals surface area contributed by atoms with E-state index in [-0.39, 0.29) is 5.91 Å². The van der Waals surface area contributed by atoms with Crippen LogP contribution in [0.1, 0.15) is 22.6 Å². The van der Waals surface area contributed by atoms with Crippen molar-refractivity contribution in [2.75, 3.05) is 6.54 Å². The molecule has 0 aliphatic heterocycles. The molecule has 0 radical (unpaired) electrons. The molecule has 3 nitrogen and oxygen atoms in total. The third-order valence-electron chi connectivity index (χ3n) is 2.95. The highest BCUT2D eigenvalue weighted by molar-refractivity contribution is 7.10. The second kappa shape index (κ2) is 7.60. The van der Waals surface area contributed by atoms with Crippen LogP contribution in [0.4, 0.5) is 0 Å². The van der Waals surface area contributed by atoms with Crippen LogP contribution < -0.4 is 5.32 Å². The number of thiazole rings is 1. The van der Waals surface area contributed by atoms with Crippen LogP contribution in [0.25, 0.3) is 6.08 Å². The van der Waals surface area contributed by atoms with Crippen molar-refractivity contribution in [2.24, 2.45) is 0 Å². The van der Waals surface area contributed by atoms with Gasteiger partial charge in [-0.25, -0.2) is 4.98 Å². The van der Waals surface area contributed by atoms with Gasteiger partial charge in [0.25, 0.3) is 0 Å². The number of hydrogen-bond acceptors (Lipinski definition) is 3. The second-order valence-electron chi connectivity index (χ2n) is 4.52. The smallest absolute Gasteiger partial charge is 0.244 e. The van der Waals surface area contributed by atoms with Gasteiger partial charge in [-0.3, -0.25) is 4.79 Å². The largest absolute Gasteiger partial charge is 0.353 e. The number of carbonyl (C=O) groups excluding carboxylic acids is 1. The predicted octanol–water partition coefficient (Wildman–Crippen LogP) is 3.21. The van der Waals surface area contributed by atoms with E-state index < -0.39 is 0 Å². The van der Waals surface area contributed by atoms with E-state index in [0.29, 0.717) is 6.54 Å². The van der Waals surface area contributed by atoms with Crippen LogP contribution in [0.5, 0.6) is 0 Å². The lowest BCUT2D eigenvalue weighted by atomic mass is 10.1. The third-order valence-corrected chi connectivity index (χ3v) is 3.85. The Balaban J connectivity index is 1.68. The monoisotopic (exact) mass is 286 g/mol. The van der Waals surface area contributed by atoms with Crippen molar-refractivity contribution in [1.29, 1.82) is 0 Å². The normalized spacial score (nSPS) is 10.8. The van der Waals surface area contributed by atoms with Gasteiger partial charge in [-0.2, -0.15) is 0 Å². The quantitative estimate of drug-likeness (QED) is 0.654. The van der Waals surface area contributed by atoms with Gasteiger partial charge in [0, 0.05) is 17.5 Å². The number of rotatable bonds is 6. The van der Waals surface area contributed by atoms with Crippen molar-refractivity contribution in [1.82, 2.24) is 10.3 Å². The van der Waals surface area contributed by atoms with Crippen molar-refractivity contribution < 1.29 is 4.79 Å². The molecule has 0 spiro atoms. The Hall–Kier alpha value is -1.94. The zero-order chi connectivity index (χ0) is 14.2. The van der Waals surface area contributed by atoms with Crippen LogP contribution in [0, 0.1) is 6.92 Å². The van der Waals surface area contributed by atoms with Gasteiger partial charge >= 0.3 is 0 Å². The number of hydrogen-bond donors (Lipinski definition) is 1. The molecule has 0 bridgehead atoms. The summed E-state index contributed by atoms with van der Waals surface area (Å²) in [5.74, 6) is -0.0501. The maximum Gasteiger partial charge on any atom is 0.244 e. The molecule has 1 N–H and O–H groups in total. The summed E-state index contributed by atoms with van der Waals surface area (Å²) in [6.07, 6.45) is 5.32. The number of nitrogens with zero attached hydrogens (tertiary/aromatic N) is 1. The zero-order valence-corrected chi connectivity index (χ0v) is 12.3. The molecule has 4 heteroatoms. The Labute approximate surface area is 123 Å². The molecule has 1 aromatic heterocycles. The van der Waals surface area contributed by atoms with Gasteiger partial charge in [-0.15, -0.1) is 11.3 Å². The van der Waals surface area contributed by atoms with E-state index in [1.165, 1.54) is 16.9 Å². The lowest BCUT2D eigenvalue weighted by Gasteiger charge is -2.02. The second-order valence-corrected chi connectivity index (χ2v) is 5.40. The van der Waals surface area contributed by atoms with Gasteiger partial charge < -0.3 is 5.32 Å². The van der Waals surface area contributed by atoms with Crippen LogP contribution in [-0.4, -0.2) is 17.4 Å². The molecular formula is C16H18N2OS. The van der Waals surface area contributed by atoms with Crippen LogP contribution in [0.2, 0.25) is 0 Å². The van der Waals surface area contributed by atoms with Gasteiger partial charge in [0.2, 0.25) is 5.91 Å². The summed E-state index contributed by atoms with van der Waals surface area (Å²) in [4.78, 5) is 16.8. The average molecular weight is 286 g/mol. The minimum atomic E-state index is -0.0501. The first-order chi connectivity index (χ1) is 9.75. The molecule has 104 valence electrons. The van der Waals surface area contributed by atoms with Crippen LogP contribution in [-0.2, 0) is 11.2 Å². The summed E-state index contributed by atoms with van der Waals surface area (Å²) in [5.41, 5.74) is 4.05. The maximum atomic E-state index is 11.6. The number of carbonyl (C=O) groups is 1. The average Bonchev–Trinajstić information content (AvgIpc) is 2.88. The van der Waals surface area contributed by atoms with Crippen molar-refractivity contribution in [3.05, 3.63) is 58.1 Å². The van der Waals surface area contributed by atoms with Crippen LogP contribution in [0.15, 0.2) is 41.9 Å². The fourth-order valence-electron chi connectivity index (χ4n) is 1.83. The summed E-state index contributed by atoms with van der Waals surface area (Å²) in [6, 6.07) is 10.3. The number of nitrogens with one attached hydrogen (secondary N) is 1. The summed E-state index contributed by atoms with van der Waals surface area (Å²) < 4.78 is 0.